The summed E-state index contributed by atoms with van der Waals surface area (Å²) in [5.41, 5.74) is -1.05. The Morgan fingerprint density at radius 2 is 1.87 bits per heavy atom. The number of pyridine rings is 1. The topological polar surface area (TPSA) is 125 Å². The van der Waals surface area contributed by atoms with Crippen LogP contribution in [0.25, 0.3) is 28.2 Å². The monoisotopic (exact) mass is 659 g/mol. The molecule has 11 nitrogen and oxygen atoms in total. The van der Waals surface area contributed by atoms with Crippen LogP contribution in [-0.4, -0.2) is 45.2 Å². The first kappa shape index (κ1) is 31.0. The molecule has 2 atom stereocenters. The summed E-state index contributed by atoms with van der Waals surface area (Å²) in [6, 6.07) is 5.85. The number of hydrogen-bond donors (Lipinski definition) is 1. The quantitative estimate of drug-likeness (QED) is 0.222. The summed E-state index contributed by atoms with van der Waals surface area (Å²) in [5, 5.41) is 13.2. The second-order valence-corrected chi connectivity index (χ2v) is 11.0. The molecule has 17 heteroatoms. The van der Waals surface area contributed by atoms with Crippen LogP contribution >= 0.6 is 11.6 Å². The second-order valence-electron chi connectivity index (χ2n) is 10.6. The Hall–Kier alpha value is -4.99. The lowest BCUT2D eigenvalue weighted by Gasteiger charge is -2.22. The summed E-state index contributed by atoms with van der Waals surface area (Å²) in [7, 11) is 0. The largest absolute Gasteiger partial charge is 0.333 e. The number of amides is 1. The van der Waals surface area contributed by atoms with Crippen molar-refractivity contribution in [3.63, 3.8) is 0 Å². The maximum Gasteiger partial charge on any atom is 0.333 e. The zero-order valence-corrected chi connectivity index (χ0v) is 24.5. The minimum atomic E-state index is -3.01. The van der Waals surface area contributed by atoms with Gasteiger partial charge in [-0.2, -0.15) is 13.9 Å². The Kier molecular flexibility index (Phi) is 8.37. The van der Waals surface area contributed by atoms with Crippen molar-refractivity contribution < 1.29 is 26.7 Å². The van der Waals surface area contributed by atoms with Gasteiger partial charge in [0, 0.05) is 23.7 Å². The third-order valence-electron chi connectivity index (χ3n) is 7.68. The number of benzene rings is 1. The molecule has 5 heterocycles. The standard InChI is InChI=1S/C29H23ClF5N9O2/c1-14-3-2-4-21(17-9-15(7-8-36-17)26-19(39-28(14)46)11-38-44(26)29(34)35)42-13-37-18(10-23(42)45)24-22(6-5-16(30)25(24)31)43-12-20(27(32)33)40-41-43/h5-14,21,27,29H,2-4H2,1H3,(H,39,46). The van der Waals surface area contributed by atoms with Crippen LogP contribution in [0.2, 0.25) is 5.02 Å². The van der Waals surface area contributed by atoms with Crippen molar-refractivity contribution in [1.82, 2.24) is 39.3 Å². The van der Waals surface area contributed by atoms with E-state index in [0.717, 1.165) is 23.1 Å². The lowest BCUT2D eigenvalue weighted by atomic mass is 9.97. The minimum Gasteiger partial charge on any atom is -0.323 e. The fourth-order valence-electron chi connectivity index (χ4n) is 5.35. The first-order valence-corrected chi connectivity index (χ1v) is 14.3. The first-order chi connectivity index (χ1) is 22.0. The number of rotatable bonds is 5. The predicted octanol–water partition coefficient (Wildman–Crippen LogP) is 6.22. The average Bonchev–Trinajstić information content (AvgIpc) is 3.69. The van der Waals surface area contributed by atoms with Crippen molar-refractivity contribution in [3.05, 3.63) is 87.8 Å². The lowest BCUT2D eigenvalue weighted by Crippen LogP contribution is -2.27. The molecule has 0 saturated carbocycles. The minimum absolute atomic E-state index is 0.0357. The first-order valence-electron chi connectivity index (χ1n) is 13.9. The van der Waals surface area contributed by atoms with Crippen LogP contribution in [0.5, 0.6) is 0 Å². The fraction of sp³-hybridized carbons (Fsp3) is 0.276. The van der Waals surface area contributed by atoms with Gasteiger partial charge in [-0.15, -0.1) is 5.10 Å². The number of anilines is 1. The van der Waals surface area contributed by atoms with Gasteiger partial charge < -0.3 is 5.32 Å². The van der Waals surface area contributed by atoms with Crippen LogP contribution in [0.15, 0.2) is 60.0 Å². The van der Waals surface area contributed by atoms with Crippen LogP contribution < -0.4 is 10.9 Å². The van der Waals surface area contributed by atoms with Crippen molar-refractivity contribution in [3.8, 4) is 28.2 Å². The van der Waals surface area contributed by atoms with Gasteiger partial charge >= 0.3 is 6.55 Å². The molecule has 0 radical (unpaired) electrons. The normalized spacial score (nSPS) is 17.0. The van der Waals surface area contributed by atoms with Gasteiger partial charge in [0.2, 0.25) is 5.91 Å². The van der Waals surface area contributed by atoms with E-state index in [4.69, 9.17) is 11.6 Å². The molecule has 1 aliphatic rings. The molecular weight excluding hydrogens is 637 g/mol. The highest BCUT2D eigenvalue weighted by molar-refractivity contribution is 6.31. The Bertz CT molecular complexity index is 1990. The fourth-order valence-corrected chi connectivity index (χ4v) is 5.51. The number of aromatic nitrogens is 8. The van der Waals surface area contributed by atoms with Crippen molar-refractivity contribution in [1.29, 1.82) is 0 Å². The Labute approximate surface area is 261 Å². The van der Waals surface area contributed by atoms with E-state index in [1.807, 2.05) is 0 Å². The summed E-state index contributed by atoms with van der Waals surface area (Å²) >= 11 is 6.04. The molecule has 238 valence electrons. The zero-order valence-electron chi connectivity index (χ0n) is 23.8. The van der Waals surface area contributed by atoms with Crippen LogP contribution in [-0.2, 0) is 4.79 Å². The number of nitrogens with zero attached hydrogens (tertiary/aromatic N) is 8. The van der Waals surface area contributed by atoms with E-state index in [-0.39, 0.29) is 44.8 Å². The molecule has 0 spiro atoms. The number of nitrogens with one attached hydrogen (secondary N) is 1. The Morgan fingerprint density at radius 3 is 2.59 bits per heavy atom. The molecular formula is C29H23ClF5N9O2. The van der Waals surface area contributed by atoms with Crippen molar-refractivity contribution >= 4 is 23.2 Å². The SMILES string of the molecule is CC1CCCC(n2cnc(-c3c(-n4cc(C(F)F)nn4)ccc(Cl)c3F)cc2=O)c2cc(ccn2)-c2c(cnn2C(F)F)NC1=O. The summed E-state index contributed by atoms with van der Waals surface area (Å²) in [6.07, 6.45) is 2.91. The molecule has 1 aliphatic heterocycles. The number of alkyl halides is 4. The van der Waals surface area contributed by atoms with Gasteiger partial charge in [-0.3, -0.25) is 19.1 Å². The van der Waals surface area contributed by atoms with E-state index in [2.05, 4.69) is 30.7 Å². The van der Waals surface area contributed by atoms with Crippen molar-refractivity contribution in [2.45, 2.75) is 45.2 Å². The van der Waals surface area contributed by atoms with Gasteiger partial charge in [-0.05, 0) is 37.1 Å². The highest BCUT2D eigenvalue weighted by atomic mass is 35.5. The van der Waals surface area contributed by atoms with Gasteiger partial charge in [0.1, 0.15) is 5.69 Å². The molecule has 46 heavy (non-hydrogen) atoms. The van der Waals surface area contributed by atoms with Gasteiger partial charge in [-0.1, -0.05) is 30.2 Å². The highest BCUT2D eigenvalue weighted by Crippen LogP contribution is 2.36. The Morgan fingerprint density at radius 1 is 1.07 bits per heavy atom. The van der Waals surface area contributed by atoms with Crippen LogP contribution in [0, 0.1) is 11.7 Å². The maximum absolute atomic E-state index is 15.4. The maximum atomic E-state index is 15.4. The van der Waals surface area contributed by atoms with Gasteiger partial charge in [0.15, 0.2) is 5.82 Å². The van der Waals surface area contributed by atoms with Crippen molar-refractivity contribution in [2.75, 3.05) is 5.32 Å². The number of hydrogen-bond acceptors (Lipinski definition) is 7. The van der Waals surface area contributed by atoms with Gasteiger partial charge in [-0.25, -0.2) is 27.5 Å². The molecule has 2 bridgehead atoms. The number of carbonyl (C=O) groups is 1. The summed E-state index contributed by atoms with van der Waals surface area (Å²) < 4.78 is 72.3. The number of halogens is 6. The summed E-state index contributed by atoms with van der Waals surface area (Å²) in [4.78, 5) is 35.3. The van der Waals surface area contributed by atoms with E-state index in [1.165, 1.54) is 41.4 Å². The average molecular weight is 660 g/mol. The zero-order chi connectivity index (χ0) is 32.7. The molecule has 0 fully saturated rings. The third-order valence-corrected chi connectivity index (χ3v) is 7.97. The molecule has 1 amide bonds. The summed E-state index contributed by atoms with van der Waals surface area (Å²) in [5.74, 6) is -1.84. The molecule has 1 aromatic carbocycles. The number of carbonyl (C=O) groups excluding carboxylic acids is 1. The highest BCUT2D eigenvalue weighted by Gasteiger charge is 2.27. The smallest absolute Gasteiger partial charge is 0.323 e. The van der Waals surface area contributed by atoms with Crippen LogP contribution in [0.1, 0.15) is 56.6 Å². The molecule has 0 saturated heterocycles. The van der Waals surface area contributed by atoms with E-state index in [9.17, 15) is 27.2 Å². The van der Waals surface area contributed by atoms with Crippen LogP contribution in [0.3, 0.4) is 0 Å². The van der Waals surface area contributed by atoms with E-state index < -0.39 is 42.0 Å². The molecule has 6 rings (SSSR count). The molecule has 1 N–H and O–H groups in total. The van der Waals surface area contributed by atoms with E-state index in [1.54, 1.807) is 6.92 Å². The molecule has 2 unspecified atom stereocenters. The molecule has 4 aromatic heterocycles. The second kappa shape index (κ2) is 12.4. The Balaban J connectivity index is 1.45. The predicted molar refractivity (Wildman–Crippen MR) is 155 cm³/mol. The summed E-state index contributed by atoms with van der Waals surface area (Å²) in [6.45, 7) is -1.31. The van der Waals surface area contributed by atoms with E-state index >= 15 is 4.39 Å². The molecule has 0 aliphatic carbocycles. The number of fused-ring (bicyclic) bond motifs is 4. The van der Waals surface area contributed by atoms with Gasteiger partial charge in [0.05, 0.1) is 63.8 Å². The van der Waals surface area contributed by atoms with Crippen molar-refractivity contribution in [2.24, 2.45) is 5.92 Å². The van der Waals surface area contributed by atoms with Crippen LogP contribution in [0.4, 0.5) is 27.6 Å². The lowest BCUT2D eigenvalue weighted by molar-refractivity contribution is -0.119. The molecule has 5 aromatic rings. The van der Waals surface area contributed by atoms with Gasteiger partial charge in [0.25, 0.3) is 12.0 Å². The third kappa shape index (κ3) is 5.75. The van der Waals surface area contributed by atoms with E-state index in [0.29, 0.717) is 29.6 Å².